The maximum Gasteiger partial charge on any atom is 0.427 e. The van der Waals surface area contributed by atoms with Gasteiger partial charge in [-0.15, -0.1) is 0 Å². The molecular weight excluding hydrogens is 402 g/mol. The first kappa shape index (κ1) is 24.7. The van der Waals surface area contributed by atoms with Crippen molar-refractivity contribution in [3.8, 4) is 0 Å². The second-order valence-corrected chi connectivity index (χ2v) is 11.3. The van der Waals surface area contributed by atoms with Crippen LogP contribution >= 0.6 is 0 Å². The summed E-state index contributed by atoms with van der Waals surface area (Å²) in [6.45, 7) is 6.24. The fraction of sp³-hybridized carbons (Fsp3) is 0.579. The molecule has 0 spiro atoms. The number of rotatable bonds is 10. The molecule has 1 rings (SSSR count). The zero-order chi connectivity index (χ0) is 21.6. The highest BCUT2D eigenvalue weighted by molar-refractivity contribution is 6.73. The van der Waals surface area contributed by atoms with E-state index in [9.17, 15) is 26.3 Å². The van der Waals surface area contributed by atoms with Crippen LogP contribution in [0.15, 0.2) is 30.8 Å². The molecule has 0 heterocycles. The van der Waals surface area contributed by atoms with E-state index in [4.69, 9.17) is 9.16 Å². The van der Waals surface area contributed by atoms with E-state index in [0.29, 0.717) is 5.56 Å². The van der Waals surface area contributed by atoms with E-state index in [0.717, 1.165) is 5.56 Å². The third-order valence-corrected chi connectivity index (χ3v) is 9.68. The van der Waals surface area contributed by atoms with Crippen LogP contribution in [0.1, 0.15) is 31.9 Å². The molecule has 0 aliphatic carbocycles. The number of alkyl halides is 6. The molecule has 28 heavy (non-hydrogen) atoms. The highest BCUT2D eigenvalue weighted by Gasteiger charge is 2.74. The van der Waals surface area contributed by atoms with Gasteiger partial charge in [-0.05, 0) is 29.3 Å². The molecule has 160 valence electrons. The van der Waals surface area contributed by atoms with Crippen LogP contribution in [0.2, 0.25) is 18.1 Å². The Morgan fingerprint density at radius 2 is 1.36 bits per heavy atom. The Kier molecular flexibility index (Phi) is 8.34. The Morgan fingerprint density at radius 1 is 0.893 bits per heavy atom. The van der Waals surface area contributed by atoms with Crippen molar-refractivity contribution in [1.82, 2.24) is 0 Å². The molecule has 2 nitrogen and oxygen atoms in total. The number of hydrogen-bond donors (Lipinski definition) is 0. The zero-order valence-electron chi connectivity index (χ0n) is 16.2. The van der Waals surface area contributed by atoms with Gasteiger partial charge in [-0.1, -0.05) is 57.7 Å². The molecule has 0 unspecified atom stereocenters. The Balaban J connectivity index is 3.16. The first-order chi connectivity index (χ1) is 12.9. The average Bonchev–Trinajstić information content (AvgIpc) is 2.63. The summed E-state index contributed by atoms with van der Waals surface area (Å²) in [6, 6.07) is 6.86. The van der Waals surface area contributed by atoms with Crippen LogP contribution in [-0.4, -0.2) is 32.9 Å². The van der Waals surface area contributed by atoms with E-state index in [1.54, 1.807) is 51.1 Å². The molecule has 0 radical (unpaired) electrons. The molecule has 0 saturated carbocycles. The molecule has 0 aliphatic rings. The molecule has 0 saturated heterocycles. The lowest BCUT2D eigenvalue weighted by Gasteiger charge is -2.43. The summed E-state index contributed by atoms with van der Waals surface area (Å²) < 4.78 is 92.3. The minimum Gasteiger partial charge on any atom is -0.395 e. The molecule has 9 heteroatoms. The average molecular weight is 428 g/mol. The molecule has 1 aromatic carbocycles. The topological polar surface area (TPSA) is 18.5 Å². The standard InChI is InChI=1S/C19H26F6O2Si/c1-5-15-9-11-16(12-10-15)13-26-14-17(18(20,21)22,19(23,24)25)27-28(6-2,7-3)8-4/h5,9-12H,1,6-8,13-14H2,2-4H3. The van der Waals surface area contributed by atoms with Crippen LogP contribution < -0.4 is 0 Å². The van der Waals surface area contributed by atoms with Crippen molar-refractivity contribution >= 4 is 14.4 Å². The van der Waals surface area contributed by atoms with Gasteiger partial charge in [0.25, 0.3) is 5.60 Å². The summed E-state index contributed by atoms with van der Waals surface area (Å²) in [5.41, 5.74) is -3.11. The Hall–Kier alpha value is -1.32. The van der Waals surface area contributed by atoms with Crippen molar-refractivity contribution < 1.29 is 35.5 Å². The van der Waals surface area contributed by atoms with Crippen molar-refractivity contribution in [3.05, 3.63) is 42.0 Å². The monoisotopic (exact) mass is 428 g/mol. The minimum absolute atomic E-state index is 0.150. The quantitative estimate of drug-likeness (QED) is 0.304. The van der Waals surface area contributed by atoms with Crippen LogP contribution in [-0.2, 0) is 15.8 Å². The highest BCUT2D eigenvalue weighted by Crippen LogP contribution is 2.49. The van der Waals surface area contributed by atoms with Crippen molar-refractivity contribution in [2.45, 2.75) is 63.5 Å². The van der Waals surface area contributed by atoms with E-state index < -0.39 is 39.5 Å². The highest BCUT2D eigenvalue weighted by atomic mass is 28.4. The summed E-state index contributed by atoms with van der Waals surface area (Å²) >= 11 is 0. The SMILES string of the molecule is C=Cc1ccc(COCC(O[Si](CC)(CC)CC)(C(F)(F)F)C(F)(F)F)cc1. The van der Waals surface area contributed by atoms with E-state index in [-0.39, 0.29) is 18.1 Å². The molecule has 0 aromatic heterocycles. The van der Waals surface area contributed by atoms with Gasteiger partial charge in [0.1, 0.15) is 0 Å². The van der Waals surface area contributed by atoms with Crippen LogP contribution in [0.4, 0.5) is 26.3 Å². The normalized spacial score (nSPS) is 13.6. The molecule has 0 N–H and O–H groups in total. The second-order valence-electron chi connectivity index (χ2n) is 6.61. The summed E-state index contributed by atoms with van der Waals surface area (Å²) in [7, 11) is -3.25. The van der Waals surface area contributed by atoms with Gasteiger partial charge in [-0.3, -0.25) is 0 Å². The smallest absolute Gasteiger partial charge is 0.395 e. The number of benzene rings is 1. The van der Waals surface area contributed by atoms with Crippen LogP contribution in [0.25, 0.3) is 6.08 Å². The molecule has 0 amide bonds. The van der Waals surface area contributed by atoms with Gasteiger partial charge in [-0.25, -0.2) is 0 Å². The Morgan fingerprint density at radius 3 is 1.71 bits per heavy atom. The number of ether oxygens (including phenoxy) is 1. The lowest BCUT2D eigenvalue weighted by Crippen LogP contribution is -2.66. The van der Waals surface area contributed by atoms with Crippen molar-refractivity contribution in [2.24, 2.45) is 0 Å². The van der Waals surface area contributed by atoms with E-state index in [1.165, 1.54) is 0 Å². The van der Waals surface area contributed by atoms with Crippen molar-refractivity contribution in [3.63, 3.8) is 0 Å². The summed E-state index contributed by atoms with van der Waals surface area (Å²) in [6.07, 6.45) is -9.74. The summed E-state index contributed by atoms with van der Waals surface area (Å²) in [4.78, 5) is 0. The summed E-state index contributed by atoms with van der Waals surface area (Å²) in [5, 5.41) is 0. The molecule has 0 aliphatic heterocycles. The number of halogens is 6. The van der Waals surface area contributed by atoms with Crippen molar-refractivity contribution in [2.75, 3.05) is 6.61 Å². The van der Waals surface area contributed by atoms with Crippen LogP contribution in [0.5, 0.6) is 0 Å². The molecule has 0 fully saturated rings. The number of hydrogen-bond acceptors (Lipinski definition) is 2. The predicted octanol–water partition coefficient (Wildman–Crippen LogP) is 6.73. The van der Waals surface area contributed by atoms with E-state index >= 15 is 0 Å². The van der Waals surface area contributed by atoms with E-state index in [1.807, 2.05) is 0 Å². The van der Waals surface area contributed by atoms with Gasteiger partial charge in [0, 0.05) is 0 Å². The fourth-order valence-corrected chi connectivity index (χ4v) is 5.83. The lowest BCUT2D eigenvalue weighted by atomic mass is 10.0. The Bertz CT molecular complexity index is 599. The Labute approximate surface area is 162 Å². The van der Waals surface area contributed by atoms with Crippen LogP contribution in [0.3, 0.4) is 0 Å². The molecule has 0 bridgehead atoms. The largest absolute Gasteiger partial charge is 0.427 e. The molecule has 1 aromatic rings. The predicted molar refractivity (Wildman–Crippen MR) is 99.3 cm³/mol. The minimum atomic E-state index is -5.66. The maximum atomic E-state index is 13.7. The fourth-order valence-electron chi connectivity index (χ4n) is 2.87. The zero-order valence-corrected chi connectivity index (χ0v) is 17.2. The third kappa shape index (κ3) is 5.39. The van der Waals surface area contributed by atoms with Gasteiger partial charge >= 0.3 is 12.4 Å². The second kappa shape index (κ2) is 9.45. The lowest BCUT2D eigenvalue weighted by molar-refractivity contribution is -0.371. The van der Waals surface area contributed by atoms with Gasteiger partial charge in [0.15, 0.2) is 8.32 Å². The first-order valence-electron chi connectivity index (χ1n) is 9.03. The van der Waals surface area contributed by atoms with Gasteiger partial charge in [0.2, 0.25) is 0 Å². The first-order valence-corrected chi connectivity index (χ1v) is 11.6. The molecule has 0 atom stereocenters. The van der Waals surface area contributed by atoms with Crippen LogP contribution in [0, 0.1) is 0 Å². The molecular formula is C19H26F6O2Si. The maximum absolute atomic E-state index is 13.7. The van der Waals surface area contributed by atoms with Gasteiger partial charge < -0.3 is 9.16 Å². The van der Waals surface area contributed by atoms with Crippen molar-refractivity contribution in [1.29, 1.82) is 0 Å². The van der Waals surface area contributed by atoms with Gasteiger partial charge in [-0.2, -0.15) is 26.3 Å². The third-order valence-electron chi connectivity index (χ3n) is 5.03. The summed E-state index contributed by atoms with van der Waals surface area (Å²) in [5.74, 6) is 0. The van der Waals surface area contributed by atoms with Gasteiger partial charge in [0.05, 0.1) is 13.2 Å². The van der Waals surface area contributed by atoms with E-state index in [2.05, 4.69) is 6.58 Å².